The summed E-state index contributed by atoms with van der Waals surface area (Å²) in [4.78, 5) is 12.2. The molecule has 0 bridgehead atoms. The van der Waals surface area contributed by atoms with Crippen LogP contribution >= 0.6 is 12.4 Å². The number of rotatable bonds is 6. The molecule has 1 aromatic rings. The second kappa shape index (κ2) is 9.47. The predicted molar refractivity (Wildman–Crippen MR) is 106 cm³/mol. The van der Waals surface area contributed by atoms with Crippen LogP contribution in [0.5, 0.6) is 11.5 Å². The summed E-state index contributed by atoms with van der Waals surface area (Å²) in [7, 11) is 0. The predicted octanol–water partition coefficient (Wildman–Crippen LogP) is 3.05. The van der Waals surface area contributed by atoms with Gasteiger partial charge in [-0.3, -0.25) is 4.79 Å². The van der Waals surface area contributed by atoms with Gasteiger partial charge in [0.1, 0.15) is 13.2 Å². The Morgan fingerprint density at radius 2 is 1.88 bits per heavy atom. The van der Waals surface area contributed by atoms with E-state index in [4.69, 9.17) is 9.47 Å². The number of fused-ring (bicyclic) bond motifs is 1. The topological polar surface area (TPSA) is 59.6 Å². The van der Waals surface area contributed by atoms with Crippen LogP contribution in [0.4, 0.5) is 0 Å². The number of ether oxygens (including phenoxy) is 2. The van der Waals surface area contributed by atoms with Gasteiger partial charge in [0.25, 0.3) is 0 Å². The summed E-state index contributed by atoms with van der Waals surface area (Å²) in [5.74, 6) is 2.45. The smallest absolute Gasteiger partial charge is 0.220 e. The Kier molecular flexibility index (Phi) is 7.59. The van der Waals surface area contributed by atoms with E-state index in [0.717, 1.165) is 36.6 Å². The molecule has 0 saturated carbocycles. The highest BCUT2D eigenvalue weighted by Gasteiger charge is 2.24. The van der Waals surface area contributed by atoms with Crippen molar-refractivity contribution >= 4 is 18.3 Å². The first-order valence-electron chi connectivity index (χ1n) is 9.42. The number of hydrogen-bond donors (Lipinski definition) is 2. The van der Waals surface area contributed by atoms with Gasteiger partial charge in [0, 0.05) is 18.4 Å². The van der Waals surface area contributed by atoms with Gasteiger partial charge in [0.2, 0.25) is 5.91 Å². The molecule has 1 aromatic carbocycles. The van der Waals surface area contributed by atoms with Gasteiger partial charge in [-0.2, -0.15) is 0 Å². The summed E-state index contributed by atoms with van der Waals surface area (Å²) >= 11 is 0. The van der Waals surface area contributed by atoms with Crippen molar-refractivity contribution in [1.29, 1.82) is 0 Å². The lowest BCUT2D eigenvalue weighted by Crippen LogP contribution is -2.37. The van der Waals surface area contributed by atoms with Crippen molar-refractivity contribution in [2.24, 2.45) is 5.92 Å². The number of benzene rings is 1. The highest BCUT2D eigenvalue weighted by atomic mass is 35.5. The molecule has 0 spiro atoms. The van der Waals surface area contributed by atoms with Gasteiger partial charge in [-0.05, 0) is 56.0 Å². The summed E-state index contributed by atoms with van der Waals surface area (Å²) in [5, 5.41) is 6.48. The maximum atomic E-state index is 12.2. The quantitative estimate of drug-likeness (QED) is 0.793. The molecule has 0 aliphatic carbocycles. The van der Waals surface area contributed by atoms with Crippen molar-refractivity contribution in [3.8, 4) is 11.5 Å². The zero-order chi connectivity index (χ0) is 17.7. The molecule has 0 atom stereocenters. The summed E-state index contributed by atoms with van der Waals surface area (Å²) in [6.07, 6.45) is 4.01. The minimum Gasteiger partial charge on any atom is -0.486 e. The lowest BCUT2D eigenvalue weighted by molar-refractivity contribution is -0.121. The minimum atomic E-state index is -0.153. The Labute approximate surface area is 162 Å². The largest absolute Gasteiger partial charge is 0.486 e. The van der Waals surface area contributed by atoms with E-state index >= 15 is 0 Å². The third kappa shape index (κ3) is 5.52. The number of hydrogen-bond acceptors (Lipinski definition) is 4. The molecule has 2 heterocycles. The zero-order valence-electron chi connectivity index (χ0n) is 15.8. The van der Waals surface area contributed by atoms with Crippen LogP contribution in [-0.2, 0) is 10.2 Å². The van der Waals surface area contributed by atoms with Crippen LogP contribution in [0.2, 0.25) is 0 Å². The van der Waals surface area contributed by atoms with E-state index in [1.54, 1.807) is 0 Å². The molecule has 26 heavy (non-hydrogen) atoms. The lowest BCUT2D eigenvalue weighted by Gasteiger charge is -2.28. The molecule has 0 unspecified atom stereocenters. The summed E-state index contributed by atoms with van der Waals surface area (Å²) in [6, 6.07) is 6.06. The van der Waals surface area contributed by atoms with Gasteiger partial charge >= 0.3 is 0 Å². The fourth-order valence-electron chi connectivity index (χ4n) is 3.48. The van der Waals surface area contributed by atoms with Crippen LogP contribution in [0.15, 0.2) is 18.2 Å². The SMILES string of the molecule is CC(C)(CNC(=O)CCC1CCNCC1)c1ccc2c(c1)OCCO2.Cl. The molecule has 0 radical (unpaired) electrons. The number of carbonyl (C=O) groups is 1. The average Bonchev–Trinajstić information content (AvgIpc) is 2.65. The number of halogens is 1. The average molecular weight is 383 g/mol. The van der Waals surface area contributed by atoms with E-state index in [2.05, 4.69) is 30.5 Å². The molecule has 0 aromatic heterocycles. The van der Waals surface area contributed by atoms with Gasteiger partial charge in [0.05, 0.1) is 0 Å². The molecule has 2 aliphatic rings. The van der Waals surface area contributed by atoms with Crippen LogP contribution in [-0.4, -0.2) is 38.8 Å². The molecular formula is C20H31ClN2O3. The molecular weight excluding hydrogens is 352 g/mol. The minimum absolute atomic E-state index is 0. The molecule has 3 rings (SSSR count). The molecule has 6 heteroatoms. The maximum Gasteiger partial charge on any atom is 0.220 e. The summed E-state index contributed by atoms with van der Waals surface area (Å²) in [5.41, 5.74) is 0.996. The Morgan fingerprint density at radius 1 is 1.19 bits per heavy atom. The van der Waals surface area contributed by atoms with Gasteiger partial charge in [-0.15, -0.1) is 12.4 Å². The van der Waals surface area contributed by atoms with E-state index in [9.17, 15) is 4.79 Å². The third-order valence-electron chi connectivity index (χ3n) is 5.29. The lowest BCUT2D eigenvalue weighted by atomic mass is 9.84. The molecule has 2 aliphatic heterocycles. The van der Waals surface area contributed by atoms with E-state index in [1.165, 1.54) is 12.8 Å². The summed E-state index contributed by atoms with van der Waals surface area (Å²) < 4.78 is 11.3. The molecule has 146 valence electrons. The molecule has 1 fully saturated rings. The Balaban J connectivity index is 0.00000243. The Morgan fingerprint density at radius 3 is 2.62 bits per heavy atom. The fraction of sp³-hybridized carbons (Fsp3) is 0.650. The van der Waals surface area contributed by atoms with E-state index in [0.29, 0.717) is 32.1 Å². The first kappa shape index (κ1) is 20.8. The molecule has 1 saturated heterocycles. The third-order valence-corrected chi connectivity index (χ3v) is 5.29. The summed E-state index contributed by atoms with van der Waals surface area (Å²) in [6.45, 7) is 8.27. The number of nitrogens with one attached hydrogen (secondary N) is 2. The Hall–Kier alpha value is -1.46. The van der Waals surface area contributed by atoms with Crippen LogP contribution < -0.4 is 20.1 Å². The number of carbonyl (C=O) groups excluding carboxylic acids is 1. The van der Waals surface area contributed by atoms with E-state index in [1.807, 2.05) is 12.1 Å². The first-order valence-corrected chi connectivity index (χ1v) is 9.42. The normalized spacial score (nSPS) is 17.3. The second-order valence-electron chi connectivity index (χ2n) is 7.75. The van der Waals surface area contributed by atoms with Crippen molar-refractivity contribution in [3.05, 3.63) is 23.8 Å². The Bertz CT molecular complexity index is 601. The van der Waals surface area contributed by atoms with Crippen LogP contribution in [0.25, 0.3) is 0 Å². The van der Waals surface area contributed by atoms with Crippen LogP contribution in [0.1, 0.15) is 45.1 Å². The first-order chi connectivity index (χ1) is 12.0. The van der Waals surface area contributed by atoms with E-state index < -0.39 is 0 Å². The maximum absolute atomic E-state index is 12.2. The van der Waals surface area contributed by atoms with Crippen molar-refractivity contribution in [1.82, 2.24) is 10.6 Å². The monoisotopic (exact) mass is 382 g/mol. The van der Waals surface area contributed by atoms with Crippen molar-refractivity contribution in [3.63, 3.8) is 0 Å². The van der Waals surface area contributed by atoms with Gasteiger partial charge in [-0.1, -0.05) is 19.9 Å². The fourth-order valence-corrected chi connectivity index (χ4v) is 3.48. The van der Waals surface area contributed by atoms with Crippen molar-refractivity contribution in [2.45, 2.75) is 44.9 Å². The van der Waals surface area contributed by atoms with Crippen LogP contribution in [0.3, 0.4) is 0 Å². The van der Waals surface area contributed by atoms with Gasteiger partial charge in [-0.25, -0.2) is 0 Å². The van der Waals surface area contributed by atoms with Gasteiger partial charge < -0.3 is 20.1 Å². The van der Waals surface area contributed by atoms with Crippen molar-refractivity contribution < 1.29 is 14.3 Å². The standard InChI is InChI=1S/C20H30N2O3.ClH/c1-20(2,16-4-5-17-18(13-16)25-12-11-24-17)14-22-19(23)6-3-15-7-9-21-10-8-15;/h4-5,13,15,21H,3,6-12,14H2,1-2H3,(H,22,23);1H. The zero-order valence-corrected chi connectivity index (χ0v) is 16.6. The highest BCUT2D eigenvalue weighted by molar-refractivity contribution is 5.85. The van der Waals surface area contributed by atoms with Crippen LogP contribution in [0, 0.1) is 5.92 Å². The second-order valence-corrected chi connectivity index (χ2v) is 7.75. The van der Waals surface area contributed by atoms with Crippen molar-refractivity contribution in [2.75, 3.05) is 32.8 Å². The van der Waals surface area contributed by atoms with E-state index in [-0.39, 0.29) is 23.7 Å². The molecule has 5 nitrogen and oxygen atoms in total. The van der Waals surface area contributed by atoms with Gasteiger partial charge in [0.15, 0.2) is 11.5 Å². The molecule has 1 amide bonds. The molecule has 2 N–H and O–H groups in total. The number of piperidine rings is 1. The number of amides is 1. The highest BCUT2D eigenvalue weighted by Crippen LogP contribution is 2.34.